The summed E-state index contributed by atoms with van der Waals surface area (Å²) in [5, 5.41) is 15.4. The van der Waals surface area contributed by atoms with Crippen LogP contribution in [0.2, 0.25) is 0 Å². The van der Waals surface area contributed by atoms with Crippen molar-refractivity contribution in [3.05, 3.63) is 35.5 Å². The first-order valence-corrected chi connectivity index (χ1v) is 6.00. The number of carboxylic acid groups (broad SMARTS) is 1. The van der Waals surface area contributed by atoms with Crippen molar-refractivity contribution in [3.8, 4) is 17.0 Å². The standard InChI is InChI=1S/C14H16N2O3/c1-8(2)9-4-5-10(13(6-9)19-3)11-7-12(14(17)18)16-15-11/h4-8H,1-3H3,(H,15,16)(H,17,18). The van der Waals surface area contributed by atoms with Crippen molar-refractivity contribution in [2.24, 2.45) is 0 Å². The van der Waals surface area contributed by atoms with E-state index in [2.05, 4.69) is 24.0 Å². The minimum Gasteiger partial charge on any atom is -0.496 e. The Balaban J connectivity index is 2.46. The van der Waals surface area contributed by atoms with Crippen molar-refractivity contribution in [2.75, 3.05) is 7.11 Å². The van der Waals surface area contributed by atoms with Crippen LogP contribution in [-0.2, 0) is 0 Å². The molecule has 0 radical (unpaired) electrons. The summed E-state index contributed by atoms with van der Waals surface area (Å²) in [6.07, 6.45) is 0. The molecule has 0 unspecified atom stereocenters. The summed E-state index contributed by atoms with van der Waals surface area (Å²) >= 11 is 0. The smallest absolute Gasteiger partial charge is 0.353 e. The van der Waals surface area contributed by atoms with Crippen LogP contribution in [0.15, 0.2) is 24.3 Å². The van der Waals surface area contributed by atoms with Crippen molar-refractivity contribution in [1.82, 2.24) is 10.2 Å². The van der Waals surface area contributed by atoms with Gasteiger partial charge in [0.05, 0.1) is 12.8 Å². The molecule has 0 aliphatic heterocycles. The molecule has 2 N–H and O–H groups in total. The summed E-state index contributed by atoms with van der Waals surface area (Å²) in [4.78, 5) is 10.8. The highest BCUT2D eigenvalue weighted by Gasteiger charge is 2.14. The molecule has 2 rings (SSSR count). The highest BCUT2D eigenvalue weighted by molar-refractivity contribution is 5.87. The number of ether oxygens (including phenoxy) is 1. The van der Waals surface area contributed by atoms with E-state index >= 15 is 0 Å². The molecule has 0 bridgehead atoms. The maximum atomic E-state index is 10.8. The maximum absolute atomic E-state index is 10.8. The van der Waals surface area contributed by atoms with Gasteiger partial charge in [-0.05, 0) is 29.7 Å². The first-order chi connectivity index (χ1) is 9.02. The number of hydrogen-bond donors (Lipinski definition) is 2. The van der Waals surface area contributed by atoms with Gasteiger partial charge in [0.25, 0.3) is 0 Å². The van der Waals surface area contributed by atoms with Gasteiger partial charge in [-0.2, -0.15) is 5.10 Å². The number of benzene rings is 1. The van der Waals surface area contributed by atoms with E-state index < -0.39 is 5.97 Å². The summed E-state index contributed by atoms with van der Waals surface area (Å²) in [5.74, 6) is 0.0582. The number of carboxylic acids is 1. The van der Waals surface area contributed by atoms with Gasteiger partial charge in [-0.1, -0.05) is 19.9 Å². The van der Waals surface area contributed by atoms with E-state index in [0.29, 0.717) is 17.4 Å². The molecule has 5 heteroatoms. The number of aromatic amines is 1. The van der Waals surface area contributed by atoms with Crippen LogP contribution in [-0.4, -0.2) is 28.4 Å². The molecule has 0 atom stereocenters. The van der Waals surface area contributed by atoms with Crippen molar-refractivity contribution in [2.45, 2.75) is 19.8 Å². The molecule has 5 nitrogen and oxygen atoms in total. The number of methoxy groups -OCH3 is 1. The topological polar surface area (TPSA) is 75.2 Å². The number of carbonyl (C=O) groups is 1. The second kappa shape index (κ2) is 5.14. The first-order valence-electron chi connectivity index (χ1n) is 6.00. The predicted octanol–water partition coefficient (Wildman–Crippen LogP) is 2.91. The van der Waals surface area contributed by atoms with E-state index in [1.165, 1.54) is 6.07 Å². The lowest BCUT2D eigenvalue weighted by molar-refractivity contribution is 0.0690. The molecule has 1 aromatic carbocycles. The third-order valence-electron chi connectivity index (χ3n) is 2.98. The van der Waals surface area contributed by atoms with Crippen molar-refractivity contribution in [3.63, 3.8) is 0 Å². The van der Waals surface area contributed by atoms with Crippen LogP contribution in [0.25, 0.3) is 11.3 Å². The lowest BCUT2D eigenvalue weighted by atomic mass is 10.00. The number of nitrogens with zero attached hydrogens (tertiary/aromatic N) is 1. The van der Waals surface area contributed by atoms with Gasteiger partial charge in [-0.25, -0.2) is 4.79 Å². The van der Waals surface area contributed by atoms with Gasteiger partial charge >= 0.3 is 5.97 Å². The van der Waals surface area contributed by atoms with E-state index in [1.807, 2.05) is 18.2 Å². The van der Waals surface area contributed by atoms with Crippen LogP contribution in [0.3, 0.4) is 0 Å². The third kappa shape index (κ3) is 2.59. The molecule has 100 valence electrons. The zero-order valence-electron chi connectivity index (χ0n) is 11.1. The van der Waals surface area contributed by atoms with Gasteiger partial charge in [0.15, 0.2) is 0 Å². The first kappa shape index (κ1) is 13.1. The van der Waals surface area contributed by atoms with Crippen molar-refractivity contribution >= 4 is 5.97 Å². The van der Waals surface area contributed by atoms with Crippen LogP contribution < -0.4 is 4.74 Å². The highest BCUT2D eigenvalue weighted by Crippen LogP contribution is 2.32. The van der Waals surface area contributed by atoms with Gasteiger partial charge in [-0.15, -0.1) is 0 Å². The van der Waals surface area contributed by atoms with Gasteiger partial charge in [-0.3, -0.25) is 5.10 Å². The molecule has 19 heavy (non-hydrogen) atoms. The largest absolute Gasteiger partial charge is 0.496 e. The predicted molar refractivity (Wildman–Crippen MR) is 71.6 cm³/mol. The number of nitrogens with one attached hydrogen (secondary N) is 1. The molecule has 1 heterocycles. The fourth-order valence-electron chi connectivity index (χ4n) is 1.85. The van der Waals surface area contributed by atoms with Crippen LogP contribution in [0.5, 0.6) is 5.75 Å². The lowest BCUT2D eigenvalue weighted by Crippen LogP contribution is -1.95. The molecule has 0 aliphatic rings. The maximum Gasteiger partial charge on any atom is 0.353 e. The molecular weight excluding hydrogens is 244 g/mol. The SMILES string of the molecule is COc1cc(C(C)C)ccc1-c1cc(C(=O)O)[nH]n1. The fraction of sp³-hybridized carbons (Fsp3) is 0.286. The number of H-pyrrole nitrogens is 1. The van der Waals surface area contributed by atoms with Gasteiger partial charge in [0.1, 0.15) is 11.4 Å². The number of aromatic nitrogens is 2. The van der Waals surface area contributed by atoms with Crippen molar-refractivity contribution in [1.29, 1.82) is 0 Å². The molecule has 0 saturated heterocycles. The molecule has 0 amide bonds. The molecule has 0 spiro atoms. The Morgan fingerprint density at radius 1 is 1.37 bits per heavy atom. The fourth-order valence-corrected chi connectivity index (χ4v) is 1.85. The molecular formula is C14H16N2O3. The lowest BCUT2D eigenvalue weighted by Gasteiger charge is -2.11. The normalized spacial score (nSPS) is 10.7. The van der Waals surface area contributed by atoms with Gasteiger partial charge < -0.3 is 9.84 Å². The Morgan fingerprint density at radius 3 is 2.63 bits per heavy atom. The zero-order chi connectivity index (χ0) is 14.0. The highest BCUT2D eigenvalue weighted by atomic mass is 16.5. The number of aromatic carboxylic acids is 1. The molecule has 1 aromatic heterocycles. The Bertz CT molecular complexity index is 602. The Kier molecular flexibility index (Phi) is 3.55. The van der Waals surface area contributed by atoms with E-state index in [9.17, 15) is 4.79 Å². The Morgan fingerprint density at radius 2 is 2.11 bits per heavy atom. The third-order valence-corrected chi connectivity index (χ3v) is 2.98. The number of hydrogen-bond acceptors (Lipinski definition) is 3. The molecule has 0 saturated carbocycles. The Labute approximate surface area is 111 Å². The minimum atomic E-state index is -1.03. The summed E-state index contributed by atoms with van der Waals surface area (Å²) < 4.78 is 5.36. The van der Waals surface area contributed by atoms with Crippen LogP contribution in [0.1, 0.15) is 35.8 Å². The van der Waals surface area contributed by atoms with E-state index in [1.54, 1.807) is 7.11 Å². The van der Waals surface area contributed by atoms with Crippen LogP contribution in [0.4, 0.5) is 0 Å². The Hall–Kier alpha value is -2.30. The van der Waals surface area contributed by atoms with Crippen molar-refractivity contribution < 1.29 is 14.6 Å². The zero-order valence-corrected chi connectivity index (χ0v) is 11.1. The van der Waals surface area contributed by atoms with E-state index in [4.69, 9.17) is 9.84 Å². The monoisotopic (exact) mass is 260 g/mol. The molecule has 0 aliphatic carbocycles. The summed E-state index contributed by atoms with van der Waals surface area (Å²) in [7, 11) is 1.59. The molecule has 2 aromatic rings. The van der Waals surface area contributed by atoms with E-state index in [0.717, 1.165) is 11.1 Å². The van der Waals surface area contributed by atoms with Crippen LogP contribution in [0, 0.1) is 0 Å². The number of rotatable bonds is 4. The average Bonchev–Trinajstić information content (AvgIpc) is 2.87. The van der Waals surface area contributed by atoms with Crippen LogP contribution >= 0.6 is 0 Å². The average molecular weight is 260 g/mol. The summed E-state index contributed by atoms with van der Waals surface area (Å²) in [6.45, 7) is 4.21. The minimum absolute atomic E-state index is 0.0602. The summed E-state index contributed by atoms with van der Waals surface area (Å²) in [5.41, 5.74) is 2.56. The quantitative estimate of drug-likeness (QED) is 0.886. The van der Waals surface area contributed by atoms with E-state index in [-0.39, 0.29) is 5.69 Å². The molecule has 0 fully saturated rings. The van der Waals surface area contributed by atoms with Gasteiger partial charge in [0, 0.05) is 5.56 Å². The van der Waals surface area contributed by atoms with Gasteiger partial charge in [0.2, 0.25) is 0 Å². The summed E-state index contributed by atoms with van der Waals surface area (Å²) in [6, 6.07) is 7.35. The second-order valence-corrected chi connectivity index (χ2v) is 4.59. The second-order valence-electron chi connectivity index (χ2n) is 4.59.